The fourth-order valence-electron chi connectivity index (χ4n) is 12.3. The van der Waals surface area contributed by atoms with E-state index in [4.69, 9.17) is 14.9 Å². The van der Waals surface area contributed by atoms with Crippen LogP contribution in [0.1, 0.15) is 145 Å². The molecule has 0 radical (unpaired) electrons. The first-order valence-electron chi connectivity index (χ1n) is 19.6. The number of amides is 2. The summed E-state index contributed by atoms with van der Waals surface area (Å²) in [7, 11) is 0. The summed E-state index contributed by atoms with van der Waals surface area (Å²) in [6.07, 6.45) is 13.0. The molecule has 10 nitrogen and oxygen atoms in total. The van der Waals surface area contributed by atoms with E-state index in [2.05, 4.69) is 65.2 Å². The molecule has 8 atom stereocenters. The fraction of sp³-hybridized carbons (Fsp3) is 0.829. The Balaban J connectivity index is 1.35. The molecule has 0 aromatic heterocycles. The van der Waals surface area contributed by atoms with Crippen molar-refractivity contribution in [3.63, 3.8) is 0 Å². The molecule has 4 saturated carbocycles. The highest BCUT2D eigenvalue weighted by Crippen LogP contribution is 2.75. The van der Waals surface area contributed by atoms with Crippen molar-refractivity contribution in [3.05, 3.63) is 11.6 Å². The lowest BCUT2D eigenvalue weighted by Crippen LogP contribution is -2.65. The first-order valence-corrected chi connectivity index (χ1v) is 19.6. The number of hydrogen-bond donors (Lipinski definition) is 4. The zero-order valence-corrected chi connectivity index (χ0v) is 32.3. The van der Waals surface area contributed by atoms with Gasteiger partial charge in [0.1, 0.15) is 12.6 Å². The van der Waals surface area contributed by atoms with Crippen LogP contribution in [0.25, 0.3) is 0 Å². The molecule has 10 heteroatoms. The third kappa shape index (κ3) is 7.10. The second kappa shape index (κ2) is 14.1. The second-order valence-electron chi connectivity index (χ2n) is 19.0. The lowest BCUT2D eigenvalue weighted by atomic mass is 9.33. The van der Waals surface area contributed by atoms with Gasteiger partial charge in [0.15, 0.2) is 0 Å². The van der Waals surface area contributed by atoms with E-state index in [1.54, 1.807) is 0 Å². The van der Waals surface area contributed by atoms with Crippen molar-refractivity contribution >= 4 is 29.7 Å². The van der Waals surface area contributed by atoms with E-state index in [9.17, 15) is 24.0 Å². The predicted molar refractivity (Wildman–Crippen MR) is 193 cm³/mol. The lowest BCUT2D eigenvalue weighted by Gasteiger charge is -2.71. The highest BCUT2D eigenvalue weighted by Gasteiger charge is 2.69. The highest BCUT2D eigenvalue weighted by atomic mass is 16.5. The number of rotatable bonds is 12. The van der Waals surface area contributed by atoms with Crippen LogP contribution in [0.4, 0.5) is 0 Å². The Bertz CT molecular complexity index is 1440. The van der Waals surface area contributed by atoms with Gasteiger partial charge in [0, 0.05) is 31.2 Å². The summed E-state index contributed by atoms with van der Waals surface area (Å²) in [6, 6.07) is 0. The molecule has 0 bridgehead atoms. The maximum Gasteiger partial charge on any atom is 0.322 e. The van der Waals surface area contributed by atoms with Crippen molar-refractivity contribution in [2.75, 3.05) is 13.1 Å². The van der Waals surface area contributed by atoms with Crippen molar-refractivity contribution in [1.29, 1.82) is 0 Å². The fourth-order valence-corrected chi connectivity index (χ4v) is 12.3. The zero-order valence-electron chi connectivity index (χ0n) is 32.3. The Labute approximate surface area is 304 Å². The van der Waals surface area contributed by atoms with E-state index in [-0.39, 0.29) is 76.1 Å². The molecule has 286 valence electrons. The number of nitrogens with one attached hydrogen (secondary N) is 2. The van der Waals surface area contributed by atoms with E-state index >= 15 is 0 Å². The summed E-state index contributed by atoms with van der Waals surface area (Å²) in [5.41, 5.74) is 1.05. The minimum absolute atomic E-state index is 0.0276. The first-order chi connectivity index (χ1) is 23.7. The van der Waals surface area contributed by atoms with Crippen LogP contribution in [0, 0.1) is 50.2 Å². The van der Waals surface area contributed by atoms with Crippen molar-refractivity contribution in [2.45, 2.75) is 151 Å². The van der Waals surface area contributed by atoms with E-state index in [1.165, 1.54) is 5.57 Å². The summed E-state index contributed by atoms with van der Waals surface area (Å²) >= 11 is 0. The standard InChI is InChI=1S/C41H64N2O8/c1-36(2)19-21-41(35(50)42-23-9-10-31(44)43-25-33(47)48)22-20-39(6)26(27(41)24-36)13-14-29-38(5)17-16-30(51-34(49)12-8-11-32(45)46)37(3,4)28(38)15-18-40(29,39)7/h13,27-30H,8-12,14-25H2,1-7H3,(H,42,50)(H,43,44)(H,45,46)(H,47,48)/t27-,28-,29+,30-,38-,39+,40+,41-/m0/s1. The van der Waals surface area contributed by atoms with Gasteiger partial charge in [0.25, 0.3) is 0 Å². The Kier molecular flexibility index (Phi) is 10.9. The number of carboxylic acid groups (broad SMARTS) is 2. The van der Waals surface area contributed by atoms with Gasteiger partial charge >= 0.3 is 17.9 Å². The average molecular weight is 713 g/mol. The maximum atomic E-state index is 14.3. The normalized spacial score (nSPS) is 37.6. The number of aliphatic carboxylic acids is 2. The summed E-state index contributed by atoms with van der Waals surface area (Å²) in [5, 5.41) is 23.4. The molecule has 5 aliphatic carbocycles. The van der Waals surface area contributed by atoms with Crippen molar-refractivity contribution in [2.24, 2.45) is 50.2 Å². The molecule has 0 spiro atoms. The molecule has 5 rings (SSSR count). The van der Waals surface area contributed by atoms with Gasteiger partial charge in [-0.05, 0) is 116 Å². The van der Waals surface area contributed by atoms with Gasteiger partial charge < -0.3 is 25.6 Å². The molecule has 4 fully saturated rings. The molecule has 0 aliphatic heterocycles. The Morgan fingerprint density at radius 3 is 2.18 bits per heavy atom. The number of carbonyl (C=O) groups excluding carboxylic acids is 3. The third-order valence-electron chi connectivity index (χ3n) is 15.4. The van der Waals surface area contributed by atoms with Crippen molar-refractivity contribution in [1.82, 2.24) is 10.6 Å². The minimum atomic E-state index is -1.08. The molecule has 5 aliphatic rings. The second-order valence-corrected chi connectivity index (χ2v) is 19.0. The molecule has 0 saturated heterocycles. The smallest absolute Gasteiger partial charge is 0.322 e. The summed E-state index contributed by atoms with van der Waals surface area (Å²) in [4.78, 5) is 60.9. The van der Waals surface area contributed by atoms with Gasteiger partial charge in [0.05, 0.1) is 5.41 Å². The lowest BCUT2D eigenvalue weighted by molar-refractivity contribution is -0.213. The maximum absolute atomic E-state index is 14.3. The molecule has 0 unspecified atom stereocenters. The van der Waals surface area contributed by atoms with Crippen LogP contribution in [0.15, 0.2) is 11.6 Å². The van der Waals surface area contributed by atoms with Crippen LogP contribution in [0.2, 0.25) is 0 Å². The average Bonchev–Trinajstić information content (AvgIpc) is 3.03. The largest absolute Gasteiger partial charge is 0.481 e. The highest BCUT2D eigenvalue weighted by molar-refractivity contribution is 5.84. The number of carbonyl (C=O) groups is 5. The third-order valence-corrected chi connectivity index (χ3v) is 15.4. The molecule has 4 N–H and O–H groups in total. The predicted octanol–water partition coefficient (Wildman–Crippen LogP) is 7.05. The van der Waals surface area contributed by atoms with Gasteiger partial charge in [0.2, 0.25) is 11.8 Å². The Morgan fingerprint density at radius 2 is 1.49 bits per heavy atom. The monoisotopic (exact) mass is 712 g/mol. The quantitative estimate of drug-likeness (QED) is 0.0952. The SMILES string of the molecule is CC1(C)CC[C@]2(C(=O)NCCCC(=O)NCC(=O)O)CC[C@]3(C)C(=CC[C@@H]4[C@@]5(C)CC[C@H](OC(=O)CCCC(=O)O)C(C)(C)[C@@H]5CC[C@]43C)[C@@H]2C1. The zero-order chi connectivity index (χ0) is 37.6. The topological polar surface area (TPSA) is 159 Å². The van der Waals surface area contributed by atoms with E-state index in [0.717, 1.165) is 64.2 Å². The van der Waals surface area contributed by atoms with E-state index < -0.39 is 23.9 Å². The van der Waals surface area contributed by atoms with Crippen LogP contribution in [0.5, 0.6) is 0 Å². The molecule has 51 heavy (non-hydrogen) atoms. The van der Waals surface area contributed by atoms with Crippen molar-refractivity contribution in [3.8, 4) is 0 Å². The number of ether oxygens (including phenoxy) is 1. The Morgan fingerprint density at radius 1 is 0.784 bits per heavy atom. The minimum Gasteiger partial charge on any atom is -0.481 e. The number of hydrogen-bond acceptors (Lipinski definition) is 6. The molecule has 2 amide bonds. The van der Waals surface area contributed by atoms with E-state index in [1.807, 2.05) is 0 Å². The van der Waals surface area contributed by atoms with Gasteiger partial charge in [-0.15, -0.1) is 0 Å². The number of esters is 1. The summed E-state index contributed by atoms with van der Waals surface area (Å²) < 4.78 is 6.10. The van der Waals surface area contributed by atoms with Gasteiger partial charge in [-0.1, -0.05) is 60.1 Å². The van der Waals surface area contributed by atoms with Crippen LogP contribution in [-0.4, -0.2) is 59.1 Å². The van der Waals surface area contributed by atoms with Crippen LogP contribution < -0.4 is 10.6 Å². The number of carboxylic acids is 2. The van der Waals surface area contributed by atoms with Crippen LogP contribution >= 0.6 is 0 Å². The molecule has 0 aromatic carbocycles. The van der Waals surface area contributed by atoms with Gasteiger partial charge in [-0.2, -0.15) is 0 Å². The number of fused-ring (bicyclic) bond motifs is 7. The molecular formula is C41H64N2O8. The van der Waals surface area contributed by atoms with Gasteiger partial charge in [-0.25, -0.2) is 0 Å². The van der Waals surface area contributed by atoms with Crippen molar-refractivity contribution < 1.29 is 38.9 Å². The summed E-state index contributed by atoms with van der Waals surface area (Å²) in [6.45, 7) is 16.8. The molecular weight excluding hydrogens is 648 g/mol. The molecule has 0 aromatic rings. The van der Waals surface area contributed by atoms with Crippen LogP contribution in [0.3, 0.4) is 0 Å². The first kappa shape index (κ1) is 39.3. The van der Waals surface area contributed by atoms with E-state index in [0.29, 0.717) is 31.2 Å². The Hall–Kier alpha value is -2.91. The molecule has 0 heterocycles. The number of allylic oxidation sites excluding steroid dienone is 2. The van der Waals surface area contributed by atoms with Gasteiger partial charge in [-0.3, -0.25) is 24.0 Å². The van der Waals surface area contributed by atoms with Crippen LogP contribution in [-0.2, 0) is 28.7 Å². The summed E-state index contributed by atoms with van der Waals surface area (Å²) in [5.74, 6) is -1.45.